The minimum atomic E-state index is -0.374. The van der Waals surface area contributed by atoms with Crippen LogP contribution in [0.4, 0.5) is 5.69 Å². The summed E-state index contributed by atoms with van der Waals surface area (Å²) in [6.07, 6.45) is 2.10. The predicted octanol–water partition coefficient (Wildman–Crippen LogP) is 3.67. The van der Waals surface area contributed by atoms with Crippen molar-refractivity contribution in [3.63, 3.8) is 0 Å². The number of aromatic nitrogens is 2. The lowest BCUT2D eigenvalue weighted by Crippen LogP contribution is -2.39. The van der Waals surface area contributed by atoms with Crippen molar-refractivity contribution in [2.24, 2.45) is 0 Å². The average Bonchev–Trinajstić information content (AvgIpc) is 3.28. The van der Waals surface area contributed by atoms with Gasteiger partial charge in [0.15, 0.2) is 0 Å². The molecule has 1 atom stereocenters. The highest BCUT2D eigenvalue weighted by Gasteiger charge is 2.34. The van der Waals surface area contributed by atoms with Crippen molar-refractivity contribution in [2.75, 3.05) is 18.4 Å². The van der Waals surface area contributed by atoms with Gasteiger partial charge >= 0.3 is 0 Å². The number of fused-ring (bicyclic) bond motifs is 1. The molecule has 1 aromatic heterocycles. The topological polar surface area (TPSA) is 78.1 Å². The third-order valence-corrected chi connectivity index (χ3v) is 6.03. The quantitative estimate of drug-likeness (QED) is 0.849. The zero-order valence-electron chi connectivity index (χ0n) is 16.8. The van der Waals surface area contributed by atoms with E-state index >= 15 is 0 Å². The SMILES string of the molecule is Cc1ccc2c(c1)[C@@H](CC(=O)N1CCC(c3cc(C(C)C)n[nH]3)CC1)C(=O)N2. The maximum Gasteiger partial charge on any atom is 0.232 e. The van der Waals surface area contributed by atoms with Crippen molar-refractivity contribution in [1.29, 1.82) is 0 Å². The number of benzene rings is 1. The Balaban J connectivity index is 1.37. The number of nitrogens with zero attached hydrogens (tertiary/aromatic N) is 2. The third kappa shape index (κ3) is 3.55. The molecule has 1 aromatic carbocycles. The van der Waals surface area contributed by atoms with Crippen LogP contribution in [-0.2, 0) is 9.59 Å². The zero-order chi connectivity index (χ0) is 19.8. The molecule has 0 radical (unpaired) electrons. The van der Waals surface area contributed by atoms with E-state index in [-0.39, 0.29) is 24.2 Å². The molecule has 2 aliphatic heterocycles. The van der Waals surface area contributed by atoms with Gasteiger partial charge in [-0.25, -0.2) is 0 Å². The van der Waals surface area contributed by atoms with E-state index in [2.05, 4.69) is 35.4 Å². The van der Waals surface area contributed by atoms with Gasteiger partial charge < -0.3 is 10.2 Å². The van der Waals surface area contributed by atoms with Gasteiger partial charge in [0.05, 0.1) is 11.6 Å². The van der Waals surface area contributed by atoms with Gasteiger partial charge in [-0.3, -0.25) is 14.7 Å². The average molecular weight is 380 g/mol. The lowest BCUT2D eigenvalue weighted by molar-refractivity contribution is -0.134. The standard InChI is InChI=1S/C22H28N4O2/c1-13(2)19-12-20(25-24-19)15-6-8-26(9-7-15)21(27)11-17-16-10-14(3)4-5-18(16)23-22(17)28/h4-5,10,12-13,15,17H,6-9,11H2,1-3H3,(H,23,28)(H,24,25)/t17-/m1/s1. The van der Waals surface area contributed by atoms with Gasteiger partial charge in [0.1, 0.15) is 0 Å². The van der Waals surface area contributed by atoms with Crippen molar-refractivity contribution >= 4 is 17.5 Å². The molecule has 0 aliphatic carbocycles. The van der Waals surface area contributed by atoms with E-state index in [0.717, 1.165) is 48.4 Å². The molecule has 148 valence electrons. The van der Waals surface area contributed by atoms with Crippen molar-refractivity contribution < 1.29 is 9.59 Å². The van der Waals surface area contributed by atoms with Crippen LogP contribution in [0.2, 0.25) is 0 Å². The van der Waals surface area contributed by atoms with Gasteiger partial charge in [0.2, 0.25) is 11.8 Å². The Hall–Kier alpha value is -2.63. The molecule has 0 bridgehead atoms. The first-order chi connectivity index (χ1) is 13.4. The van der Waals surface area contributed by atoms with Crippen LogP contribution in [0.5, 0.6) is 0 Å². The highest BCUT2D eigenvalue weighted by molar-refractivity contribution is 6.05. The van der Waals surface area contributed by atoms with Crippen molar-refractivity contribution in [3.05, 3.63) is 46.8 Å². The Bertz CT molecular complexity index is 894. The Morgan fingerprint density at radius 1 is 1.25 bits per heavy atom. The number of amides is 2. The van der Waals surface area contributed by atoms with Crippen LogP contribution in [0.1, 0.15) is 73.4 Å². The van der Waals surface area contributed by atoms with Crippen LogP contribution >= 0.6 is 0 Å². The molecule has 2 amide bonds. The number of likely N-dealkylation sites (tertiary alicyclic amines) is 1. The maximum atomic E-state index is 12.9. The summed E-state index contributed by atoms with van der Waals surface area (Å²) in [7, 11) is 0. The lowest BCUT2D eigenvalue weighted by Gasteiger charge is -2.32. The van der Waals surface area contributed by atoms with Gasteiger partial charge in [-0.1, -0.05) is 31.5 Å². The van der Waals surface area contributed by atoms with Crippen LogP contribution < -0.4 is 5.32 Å². The monoisotopic (exact) mass is 380 g/mol. The largest absolute Gasteiger partial charge is 0.343 e. The Labute approximate surface area is 165 Å². The van der Waals surface area contributed by atoms with Crippen molar-refractivity contribution in [3.8, 4) is 0 Å². The summed E-state index contributed by atoms with van der Waals surface area (Å²) in [5, 5.41) is 10.5. The minimum Gasteiger partial charge on any atom is -0.343 e. The highest BCUT2D eigenvalue weighted by atomic mass is 16.2. The fourth-order valence-corrected chi connectivity index (χ4v) is 4.25. The van der Waals surface area contributed by atoms with Gasteiger partial charge in [-0.05, 0) is 43.4 Å². The molecule has 3 heterocycles. The van der Waals surface area contributed by atoms with Crippen molar-refractivity contribution in [1.82, 2.24) is 15.1 Å². The molecule has 6 nitrogen and oxygen atoms in total. The summed E-state index contributed by atoms with van der Waals surface area (Å²) in [5.74, 6) is 0.460. The summed E-state index contributed by atoms with van der Waals surface area (Å²) in [6, 6.07) is 8.08. The predicted molar refractivity (Wildman–Crippen MR) is 108 cm³/mol. The molecule has 2 N–H and O–H groups in total. The van der Waals surface area contributed by atoms with Crippen LogP contribution in [0.3, 0.4) is 0 Å². The fourth-order valence-electron chi connectivity index (χ4n) is 4.25. The summed E-state index contributed by atoms with van der Waals surface area (Å²) in [6.45, 7) is 7.75. The number of carbonyl (C=O) groups excluding carboxylic acids is 2. The summed E-state index contributed by atoms with van der Waals surface area (Å²) in [4.78, 5) is 27.1. The molecule has 6 heteroatoms. The summed E-state index contributed by atoms with van der Waals surface area (Å²) < 4.78 is 0. The number of hydrogen-bond acceptors (Lipinski definition) is 3. The molecule has 0 spiro atoms. The van der Waals surface area contributed by atoms with E-state index in [1.54, 1.807) is 0 Å². The van der Waals surface area contributed by atoms with Crippen LogP contribution in [0.15, 0.2) is 24.3 Å². The molecule has 1 saturated heterocycles. The molecular weight excluding hydrogens is 352 g/mol. The Morgan fingerprint density at radius 2 is 2.00 bits per heavy atom. The van der Waals surface area contributed by atoms with E-state index < -0.39 is 0 Å². The number of H-pyrrole nitrogens is 1. The van der Waals surface area contributed by atoms with E-state index in [0.29, 0.717) is 11.8 Å². The molecule has 0 unspecified atom stereocenters. The number of hydrogen-bond donors (Lipinski definition) is 2. The zero-order valence-corrected chi connectivity index (χ0v) is 16.8. The second kappa shape index (κ2) is 7.41. The fraction of sp³-hybridized carbons (Fsp3) is 0.500. The third-order valence-electron chi connectivity index (χ3n) is 6.03. The molecule has 28 heavy (non-hydrogen) atoms. The van der Waals surface area contributed by atoms with E-state index in [4.69, 9.17) is 0 Å². The number of piperidine rings is 1. The number of carbonyl (C=O) groups is 2. The number of aromatic amines is 1. The number of aryl methyl sites for hydroxylation is 1. The van der Waals surface area contributed by atoms with Crippen molar-refractivity contribution in [2.45, 2.75) is 57.8 Å². The van der Waals surface area contributed by atoms with Crippen LogP contribution in [0.25, 0.3) is 0 Å². The van der Waals surface area contributed by atoms with E-state index in [1.807, 2.05) is 30.0 Å². The lowest BCUT2D eigenvalue weighted by atomic mass is 9.91. The van der Waals surface area contributed by atoms with Gasteiger partial charge in [-0.15, -0.1) is 0 Å². The number of rotatable bonds is 4. The maximum absolute atomic E-state index is 12.9. The molecule has 2 aromatic rings. The Morgan fingerprint density at radius 3 is 2.68 bits per heavy atom. The molecule has 2 aliphatic rings. The Kier molecular flexibility index (Phi) is 4.96. The second-order valence-corrected chi connectivity index (χ2v) is 8.39. The molecule has 1 fully saturated rings. The van der Waals surface area contributed by atoms with Crippen LogP contribution in [-0.4, -0.2) is 40.0 Å². The van der Waals surface area contributed by atoms with E-state index in [1.165, 1.54) is 5.69 Å². The van der Waals surface area contributed by atoms with Gasteiger partial charge in [-0.2, -0.15) is 5.10 Å². The highest BCUT2D eigenvalue weighted by Crippen LogP contribution is 2.36. The smallest absolute Gasteiger partial charge is 0.232 e. The second-order valence-electron chi connectivity index (χ2n) is 8.39. The van der Waals surface area contributed by atoms with Gasteiger partial charge in [0.25, 0.3) is 0 Å². The molecular formula is C22H28N4O2. The first-order valence-electron chi connectivity index (χ1n) is 10.2. The summed E-state index contributed by atoms with van der Waals surface area (Å²) in [5.41, 5.74) is 5.16. The number of anilines is 1. The molecule has 4 rings (SSSR count). The van der Waals surface area contributed by atoms with Gasteiger partial charge in [0, 0.05) is 36.8 Å². The normalized spacial score (nSPS) is 19.8. The number of nitrogens with one attached hydrogen (secondary N) is 2. The van der Waals surface area contributed by atoms with Crippen LogP contribution in [0, 0.1) is 6.92 Å². The first-order valence-corrected chi connectivity index (χ1v) is 10.2. The minimum absolute atomic E-state index is 0.0671. The first kappa shape index (κ1) is 18.7. The van der Waals surface area contributed by atoms with E-state index in [9.17, 15) is 9.59 Å². The molecule has 0 saturated carbocycles. The summed E-state index contributed by atoms with van der Waals surface area (Å²) >= 11 is 0.